The van der Waals surface area contributed by atoms with E-state index in [1.165, 1.54) is 47.2 Å². The van der Waals surface area contributed by atoms with Crippen LogP contribution in [0, 0.1) is 0 Å². The first-order valence-electron chi connectivity index (χ1n) is 19.0. The zero-order valence-corrected chi connectivity index (χ0v) is 31.0. The van der Waals surface area contributed by atoms with Gasteiger partial charge in [-0.3, -0.25) is 0 Å². The molecule has 0 saturated heterocycles. The van der Waals surface area contributed by atoms with E-state index >= 15 is 0 Å². The molecular formula is C52H32N2OS. The van der Waals surface area contributed by atoms with E-state index in [4.69, 9.17) is 4.42 Å². The molecule has 12 rings (SSSR count). The highest BCUT2D eigenvalue weighted by atomic mass is 32.1. The van der Waals surface area contributed by atoms with E-state index in [-0.39, 0.29) is 0 Å². The second kappa shape index (κ2) is 12.2. The van der Waals surface area contributed by atoms with Gasteiger partial charge in [-0.2, -0.15) is 0 Å². The molecule has 0 spiro atoms. The van der Waals surface area contributed by atoms with Crippen LogP contribution in [0.2, 0.25) is 0 Å². The normalized spacial score (nSPS) is 11.9. The maximum atomic E-state index is 6.37. The van der Waals surface area contributed by atoms with Gasteiger partial charge in [-0.05, 0) is 89.3 Å². The van der Waals surface area contributed by atoms with Gasteiger partial charge in [0.15, 0.2) is 0 Å². The predicted molar refractivity (Wildman–Crippen MR) is 239 cm³/mol. The van der Waals surface area contributed by atoms with Gasteiger partial charge in [0.05, 0.1) is 16.7 Å². The molecule has 12 aromatic rings. The van der Waals surface area contributed by atoms with Crippen molar-refractivity contribution in [2.45, 2.75) is 0 Å². The summed E-state index contributed by atoms with van der Waals surface area (Å²) in [5, 5.41) is 9.66. The largest absolute Gasteiger partial charge is 0.456 e. The van der Waals surface area contributed by atoms with Gasteiger partial charge in [0.25, 0.3) is 0 Å². The fourth-order valence-corrected chi connectivity index (χ4v) is 10.1. The van der Waals surface area contributed by atoms with Crippen molar-refractivity contribution in [3.8, 4) is 16.8 Å². The average molecular weight is 733 g/mol. The number of thiophene rings is 1. The molecule has 4 heteroatoms. The number of furan rings is 1. The Labute approximate surface area is 326 Å². The molecule has 0 bridgehead atoms. The van der Waals surface area contributed by atoms with Crippen LogP contribution in [0.4, 0.5) is 17.1 Å². The molecule has 0 atom stereocenters. The van der Waals surface area contributed by atoms with Crippen molar-refractivity contribution in [2.75, 3.05) is 4.90 Å². The third-order valence-electron chi connectivity index (χ3n) is 11.3. The minimum absolute atomic E-state index is 0.897. The Morgan fingerprint density at radius 1 is 0.446 bits per heavy atom. The lowest BCUT2D eigenvalue weighted by Gasteiger charge is -2.27. The van der Waals surface area contributed by atoms with Crippen LogP contribution < -0.4 is 4.90 Å². The molecule has 3 heterocycles. The van der Waals surface area contributed by atoms with Crippen LogP contribution in [-0.4, -0.2) is 4.57 Å². The van der Waals surface area contributed by atoms with Crippen LogP contribution in [-0.2, 0) is 0 Å². The van der Waals surface area contributed by atoms with Crippen molar-refractivity contribution in [3.05, 3.63) is 194 Å². The molecule has 0 amide bonds. The first-order valence-corrected chi connectivity index (χ1v) is 19.8. The van der Waals surface area contributed by atoms with Crippen molar-refractivity contribution in [3.63, 3.8) is 0 Å². The van der Waals surface area contributed by atoms with Gasteiger partial charge in [0.2, 0.25) is 0 Å². The summed E-state index contributed by atoms with van der Waals surface area (Å²) in [6, 6.07) is 70.3. The summed E-state index contributed by atoms with van der Waals surface area (Å²) in [5.41, 5.74) is 10.9. The number of nitrogens with zero attached hydrogens (tertiary/aromatic N) is 2. The highest BCUT2D eigenvalue weighted by Gasteiger charge is 2.25. The van der Waals surface area contributed by atoms with Gasteiger partial charge in [-0.25, -0.2) is 0 Å². The van der Waals surface area contributed by atoms with E-state index in [0.29, 0.717) is 0 Å². The smallest absolute Gasteiger partial charge is 0.136 e. The summed E-state index contributed by atoms with van der Waals surface area (Å²) in [5.74, 6) is 0. The van der Waals surface area contributed by atoms with Crippen molar-refractivity contribution in [2.24, 2.45) is 0 Å². The van der Waals surface area contributed by atoms with Gasteiger partial charge in [0, 0.05) is 64.2 Å². The minimum atomic E-state index is 0.897. The first kappa shape index (κ1) is 31.2. The summed E-state index contributed by atoms with van der Waals surface area (Å²) in [6.45, 7) is 0. The van der Waals surface area contributed by atoms with Gasteiger partial charge < -0.3 is 13.9 Å². The first-order chi connectivity index (χ1) is 27.8. The molecule has 3 aromatic heterocycles. The molecule has 0 aliphatic rings. The zero-order valence-electron chi connectivity index (χ0n) is 30.2. The van der Waals surface area contributed by atoms with Crippen LogP contribution in [0.5, 0.6) is 0 Å². The Hall–Kier alpha value is -7.14. The Balaban J connectivity index is 1.22. The second-order valence-electron chi connectivity index (χ2n) is 14.5. The topological polar surface area (TPSA) is 21.3 Å². The van der Waals surface area contributed by atoms with E-state index in [1.54, 1.807) is 0 Å². The molecule has 3 nitrogen and oxygen atoms in total. The summed E-state index contributed by atoms with van der Waals surface area (Å²) >= 11 is 1.86. The fourth-order valence-electron chi connectivity index (χ4n) is 8.93. The highest BCUT2D eigenvalue weighted by molar-refractivity contribution is 7.25. The lowest BCUT2D eigenvalue weighted by atomic mass is 9.96. The summed E-state index contributed by atoms with van der Waals surface area (Å²) < 4.78 is 11.4. The standard InChI is InChI=1S/C52H32N2OS/c1-3-15-35(16-4-1)53(37-27-28-41-40-20-10-12-25-48(40)56-49(41)32-37)45-31-33-14-7-8-19-39(33)52-51(45)43-30-34(26-29-44(43)54(52)36-17-5-2-6-18-36)38-22-13-24-47-50(38)42-21-9-11-23-46(42)55-47/h1-32H. The van der Waals surface area contributed by atoms with Crippen LogP contribution in [0.15, 0.2) is 199 Å². The molecule has 0 saturated carbocycles. The number of para-hydroxylation sites is 3. The molecule has 0 radical (unpaired) electrons. The summed E-state index contributed by atoms with van der Waals surface area (Å²) in [4.78, 5) is 2.46. The molecular weight excluding hydrogens is 701 g/mol. The van der Waals surface area contributed by atoms with E-state index < -0.39 is 0 Å². The average Bonchev–Trinajstić information content (AvgIpc) is 3.94. The number of benzene rings is 9. The maximum absolute atomic E-state index is 6.37. The molecule has 0 unspecified atom stereocenters. The minimum Gasteiger partial charge on any atom is -0.456 e. The molecule has 56 heavy (non-hydrogen) atoms. The molecule has 262 valence electrons. The van der Waals surface area contributed by atoms with E-state index in [2.05, 4.69) is 198 Å². The van der Waals surface area contributed by atoms with Gasteiger partial charge in [0.1, 0.15) is 11.2 Å². The number of anilines is 3. The summed E-state index contributed by atoms with van der Waals surface area (Å²) in [7, 11) is 0. The fraction of sp³-hybridized carbons (Fsp3) is 0. The van der Waals surface area contributed by atoms with Crippen molar-refractivity contribution in [1.82, 2.24) is 4.57 Å². The lowest BCUT2D eigenvalue weighted by Crippen LogP contribution is -2.10. The van der Waals surface area contributed by atoms with Crippen LogP contribution in [0.1, 0.15) is 0 Å². The quantitative estimate of drug-likeness (QED) is 0.176. The Morgan fingerprint density at radius 2 is 1.16 bits per heavy atom. The molecule has 0 aliphatic heterocycles. The molecule has 0 aliphatic carbocycles. The number of rotatable bonds is 5. The van der Waals surface area contributed by atoms with Crippen molar-refractivity contribution < 1.29 is 4.42 Å². The predicted octanol–water partition coefficient (Wildman–Crippen LogP) is 15.3. The monoisotopic (exact) mass is 732 g/mol. The third kappa shape index (κ3) is 4.63. The number of aromatic nitrogens is 1. The molecule has 9 aromatic carbocycles. The SMILES string of the molecule is c1ccc(N(c2ccc3c(c2)sc2ccccc23)c2cc3ccccc3c3c2c2cc(-c4cccc5oc6ccccc6c45)ccc2n3-c2ccccc2)cc1. The Bertz CT molecular complexity index is 3480. The zero-order chi connectivity index (χ0) is 36.7. The van der Waals surface area contributed by atoms with E-state index in [9.17, 15) is 0 Å². The van der Waals surface area contributed by atoms with Crippen molar-refractivity contribution in [1.29, 1.82) is 0 Å². The lowest BCUT2D eigenvalue weighted by molar-refractivity contribution is 0.669. The van der Waals surface area contributed by atoms with Crippen LogP contribution in [0.3, 0.4) is 0 Å². The van der Waals surface area contributed by atoms with Crippen molar-refractivity contribution >= 4 is 103 Å². The van der Waals surface area contributed by atoms with E-state index in [1.807, 2.05) is 17.4 Å². The Kier molecular flexibility index (Phi) is 6.80. The molecule has 0 fully saturated rings. The van der Waals surface area contributed by atoms with Crippen LogP contribution in [0.25, 0.3) is 91.5 Å². The van der Waals surface area contributed by atoms with Gasteiger partial charge in [-0.1, -0.05) is 121 Å². The van der Waals surface area contributed by atoms with Gasteiger partial charge in [-0.15, -0.1) is 11.3 Å². The third-order valence-corrected chi connectivity index (χ3v) is 12.5. The number of hydrogen-bond acceptors (Lipinski definition) is 3. The van der Waals surface area contributed by atoms with Crippen LogP contribution >= 0.6 is 11.3 Å². The second-order valence-corrected chi connectivity index (χ2v) is 15.6. The summed E-state index contributed by atoms with van der Waals surface area (Å²) in [6.07, 6.45) is 0. The van der Waals surface area contributed by atoms with Gasteiger partial charge >= 0.3 is 0 Å². The molecule has 0 N–H and O–H groups in total. The number of hydrogen-bond donors (Lipinski definition) is 0. The maximum Gasteiger partial charge on any atom is 0.136 e. The highest BCUT2D eigenvalue weighted by Crippen LogP contribution is 2.49. The Morgan fingerprint density at radius 3 is 2.04 bits per heavy atom. The number of fused-ring (bicyclic) bond motifs is 11. The van der Waals surface area contributed by atoms with E-state index in [0.717, 1.165) is 61.3 Å².